The zero-order chi connectivity index (χ0) is 20.8. The fourth-order valence-corrected chi connectivity index (χ4v) is 5.77. The topological polar surface area (TPSA) is 99.1 Å². The average molecular weight is 400 g/mol. The second kappa shape index (κ2) is 7.46. The number of anilines is 1. The van der Waals surface area contributed by atoms with Gasteiger partial charge in [-0.1, -0.05) is 19.4 Å². The number of carbonyl (C=O) groups excluding carboxylic acids is 2. The number of benzene rings is 1. The van der Waals surface area contributed by atoms with Gasteiger partial charge in [0.1, 0.15) is 12.4 Å². The molecule has 7 heteroatoms. The van der Waals surface area contributed by atoms with E-state index in [-0.39, 0.29) is 35.3 Å². The Labute approximate surface area is 170 Å². The van der Waals surface area contributed by atoms with E-state index in [2.05, 4.69) is 17.1 Å². The first kappa shape index (κ1) is 19.9. The molecule has 0 radical (unpaired) electrons. The molecule has 0 unspecified atom stereocenters. The lowest BCUT2D eigenvalue weighted by Gasteiger charge is -2.45. The Kier molecular flexibility index (Phi) is 5.12. The van der Waals surface area contributed by atoms with Crippen LogP contribution in [0.3, 0.4) is 0 Å². The van der Waals surface area contributed by atoms with E-state index >= 15 is 0 Å². The number of fused-ring (bicyclic) bond motifs is 4. The molecule has 0 aliphatic carbocycles. The average Bonchev–Trinajstić information content (AvgIpc) is 3.24. The summed E-state index contributed by atoms with van der Waals surface area (Å²) in [7, 11) is 1.50. The molecule has 7 nitrogen and oxygen atoms in total. The van der Waals surface area contributed by atoms with E-state index in [1.165, 1.54) is 13.4 Å². The van der Waals surface area contributed by atoms with Crippen molar-refractivity contribution < 1.29 is 24.5 Å². The van der Waals surface area contributed by atoms with Crippen molar-refractivity contribution in [3.63, 3.8) is 0 Å². The predicted molar refractivity (Wildman–Crippen MR) is 107 cm³/mol. The van der Waals surface area contributed by atoms with Crippen LogP contribution < -0.4 is 5.32 Å². The number of rotatable bonds is 5. The number of aliphatic hydroxyl groups excluding tert-OH is 1. The number of ether oxygens (including phenoxy) is 1. The number of piperidine rings is 1. The molecule has 3 N–H and O–H groups in total. The minimum Gasteiger partial charge on any atom is -0.508 e. The monoisotopic (exact) mass is 400 g/mol. The van der Waals surface area contributed by atoms with Crippen LogP contribution in [0, 0.1) is 11.8 Å². The van der Waals surface area contributed by atoms with Crippen molar-refractivity contribution in [3.05, 3.63) is 35.6 Å². The third-order valence-electron chi connectivity index (χ3n) is 7.09. The van der Waals surface area contributed by atoms with Crippen LogP contribution in [0.4, 0.5) is 5.69 Å². The van der Waals surface area contributed by atoms with Gasteiger partial charge < -0.3 is 20.3 Å². The van der Waals surface area contributed by atoms with E-state index in [1.807, 2.05) is 6.07 Å². The van der Waals surface area contributed by atoms with E-state index in [9.17, 15) is 19.8 Å². The summed E-state index contributed by atoms with van der Waals surface area (Å²) in [5, 5.41) is 23.0. The second-order valence-corrected chi connectivity index (χ2v) is 8.29. The zero-order valence-electron chi connectivity index (χ0n) is 16.9. The van der Waals surface area contributed by atoms with Gasteiger partial charge in [0, 0.05) is 29.4 Å². The summed E-state index contributed by atoms with van der Waals surface area (Å²) in [6.45, 7) is 3.07. The molecule has 4 rings (SSSR count). The maximum atomic E-state index is 13.2. The summed E-state index contributed by atoms with van der Waals surface area (Å²) in [6.07, 6.45) is 3.56. The van der Waals surface area contributed by atoms with Gasteiger partial charge in [-0.25, -0.2) is 0 Å². The Morgan fingerprint density at radius 2 is 2.24 bits per heavy atom. The normalized spacial score (nSPS) is 31.5. The number of hydrogen-bond acceptors (Lipinski definition) is 6. The van der Waals surface area contributed by atoms with Crippen LogP contribution in [0.25, 0.3) is 0 Å². The first-order valence-corrected chi connectivity index (χ1v) is 10.2. The minimum absolute atomic E-state index is 0.0824. The molecule has 29 heavy (non-hydrogen) atoms. The lowest BCUT2D eigenvalue weighted by atomic mass is 9.67. The Morgan fingerprint density at radius 3 is 2.93 bits per heavy atom. The van der Waals surface area contributed by atoms with Gasteiger partial charge in [0.15, 0.2) is 5.78 Å². The van der Waals surface area contributed by atoms with Crippen LogP contribution in [-0.4, -0.2) is 59.7 Å². The molecule has 3 aliphatic heterocycles. The second-order valence-electron chi connectivity index (χ2n) is 8.29. The largest absolute Gasteiger partial charge is 0.508 e. The number of nitrogens with zero attached hydrogens (tertiary/aromatic N) is 1. The van der Waals surface area contributed by atoms with Crippen molar-refractivity contribution in [2.45, 2.75) is 37.6 Å². The van der Waals surface area contributed by atoms with Crippen molar-refractivity contribution in [2.75, 3.05) is 32.1 Å². The highest BCUT2D eigenvalue weighted by Crippen LogP contribution is 2.55. The standard InChI is InChI=1S/C22H28N2O5/c1-3-13-10-24-8-7-22(20-16(23-21(22)28)5-4-6-17(20)26)19(24)9-14(13)15(12-29-2)18(27)11-25/h4-6,12-14,19,25-26H,3,7-11H2,1-2H3,(H,23,28)/b15-12+/t13-,14+,19-,22+/m1/s1. The molecule has 1 aromatic carbocycles. The molecule has 0 saturated carbocycles. The molecule has 4 atom stereocenters. The molecule has 2 fully saturated rings. The molecular formula is C22H28N2O5. The van der Waals surface area contributed by atoms with Crippen molar-refractivity contribution in [2.24, 2.45) is 11.8 Å². The summed E-state index contributed by atoms with van der Waals surface area (Å²) < 4.78 is 5.17. The smallest absolute Gasteiger partial charge is 0.236 e. The molecule has 1 spiro atoms. The summed E-state index contributed by atoms with van der Waals surface area (Å²) in [5.41, 5.74) is 1.01. The number of aromatic hydroxyl groups is 1. The van der Waals surface area contributed by atoms with Crippen LogP contribution in [0.2, 0.25) is 0 Å². The van der Waals surface area contributed by atoms with E-state index in [0.29, 0.717) is 29.7 Å². The van der Waals surface area contributed by atoms with Crippen LogP contribution >= 0.6 is 0 Å². The number of phenols is 1. The maximum Gasteiger partial charge on any atom is 0.236 e. The Hall–Kier alpha value is -2.38. The quantitative estimate of drug-likeness (QED) is 0.515. The van der Waals surface area contributed by atoms with Crippen LogP contribution in [0.1, 0.15) is 31.7 Å². The third-order valence-corrected chi connectivity index (χ3v) is 7.09. The fraction of sp³-hybridized carbons (Fsp3) is 0.545. The van der Waals surface area contributed by atoms with Gasteiger partial charge in [0.05, 0.1) is 18.8 Å². The van der Waals surface area contributed by atoms with Crippen molar-refractivity contribution in [3.8, 4) is 5.75 Å². The Balaban J connectivity index is 1.77. The Morgan fingerprint density at radius 1 is 1.45 bits per heavy atom. The van der Waals surface area contributed by atoms with Crippen LogP contribution in [0.5, 0.6) is 5.75 Å². The van der Waals surface area contributed by atoms with Crippen LogP contribution in [0.15, 0.2) is 30.0 Å². The predicted octanol–water partition coefficient (Wildman–Crippen LogP) is 1.79. The van der Waals surface area contributed by atoms with E-state index in [4.69, 9.17) is 4.74 Å². The van der Waals surface area contributed by atoms with Gasteiger partial charge in [0.25, 0.3) is 0 Å². The van der Waals surface area contributed by atoms with Gasteiger partial charge in [-0.05, 0) is 43.4 Å². The number of methoxy groups -OCH3 is 1. The molecule has 3 aliphatic rings. The molecule has 2 saturated heterocycles. The van der Waals surface area contributed by atoms with Gasteiger partial charge in [-0.2, -0.15) is 0 Å². The number of phenolic OH excluding ortho intramolecular Hbond substituents is 1. The maximum absolute atomic E-state index is 13.2. The molecule has 3 heterocycles. The first-order valence-electron chi connectivity index (χ1n) is 10.2. The number of ketones is 1. The number of carbonyl (C=O) groups is 2. The van der Waals surface area contributed by atoms with Crippen LogP contribution in [-0.2, 0) is 19.7 Å². The highest BCUT2D eigenvalue weighted by Gasteiger charge is 2.61. The summed E-state index contributed by atoms with van der Waals surface area (Å²) in [5.74, 6) is -0.169. The number of nitrogens with one attached hydrogen (secondary N) is 1. The van der Waals surface area contributed by atoms with Gasteiger partial charge in [-0.15, -0.1) is 0 Å². The number of amides is 1. The minimum atomic E-state index is -0.821. The van der Waals surface area contributed by atoms with Gasteiger partial charge >= 0.3 is 0 Å². The number of hydrogen-bond donors (Lipinski definition) is 3. The fourth-order valence-electron chi connectivity index (χ4n) is 5.77. The van der Waals surface area contributed by atoms with Crippen molar-refractivity contribution in [1.29, 1.82) is 0 Å². The molecule has 0 aromatic heterocycles. The summed E-state index contributed by atoms with van der Waals surface area (Å²) in [6, 6.07) is 5.06. The van der Waals surface area contributed by atoms with E-state index < -0.39 is 12.0 Å². The molecular weight excluding hydrogens is 372 g/mol. The van der Waals surface area contributed by atoms with E-state index in [1.54, 1.807) is 12.1 Å². The summed E-state index contributed by atoms with van der Waals surface area (Å²) in [4.78, 5) is 28.0. The highest BCUT2D eigenvalue weighted by atomic mass is 16.5. The number of aliphatic hydroxyl groups is 1. The van der Waals surface area contributed by atoms with Gasteiger partial charge in [-0.3, -0.25) is 14.5 Å². The van der Waals surface area contributed by atoms with Crippen molar-refractivity contribution >= 4 is 17.4 Å². The molecule has 1 aromatic rings. The highest BCUT2D eigenvalue weighted by molar-refractivity contribution is 6.08. The lowest BCUT2D eigenvalue weighted by molar-refractivity contribution is -0.122. The van der Waals surface area contributed by atoms with Gasteiger partial charge in [0.2, 0.25) is 5.91 Å². The molecule has 1 amide bonds. The molecule has 156 valence electrons. The molecule has 0 bridgehead atoms. The van der Waals surface area contributed by atoms with Crippen molar-refractivity contribution in [1.82, 2.24) is 4.90 Å². The van der Waals surface area contributed by atoms with E-state index in [0.717, 1.165) is 19.5 Å². The number of Topliss-reactive ketones (excluding diaryl/α,β-unsaturated/α-hetero) is 1. The Bertz CT molecular complexity index is 867. The first-order chi connectivity index (χ1) is 14.0. The third kappa shape index (κ3) is 2.87. The summed E-state index contributed by atoms with van der Waals surface area (Å²) >= 11 is 0. The zero-order valence-corrected chi connectivity index (χ0v) is 16.9. The lowest BCUT2D eigenvalue weighted by Crippen LogP contribution is -2.53. The SMILES string of the molecule is CC[C@@H]1CN2CC[C@]3(C(=O)Nc4cccc(O)c43)[C@H]2C[C@@H]1/C(=C\OC)C(=O)CO.